The summed E-state index contributed by atoms with van der Waals surface area (Å²) in [6, 6.07) is 7.98. The number of rotatable bonds is 3. The normalized spacial score (nSPS) is 28.6. The topological polar surface area (TPSA) is 47.0 Å². The Bertz CT molecular complexity index is 639. The number of carbonyl (C=O) groups excluding carboxylic acids is 1. The maximum atomic E-state index is 12.7. The minimum absolute atomic E-state index is 0.0714. The monoisotopic (exact) mass is 391 g/mol. The Morgan fingerprint density at radius 3 is 2.26 bits per heavy atom. The van der Waals surface area contributed by atoms with Crippen LogP contribution in [0.25, 0.3) is 0 Å². The predicted octanol–water partition coefficient (Wildman–Crippen LogP) is 2.48. The fraction of sp³-hybridized carbons (Fsp3) is 0.667. The van der Waals surface area contributed by atoms with Crippen LogP contribution in [0.3, 0.4) is 0 Å². The van der Waals surface area contributed by atoms with Crippen molar-refractivity contribution in [1.82, 2.24) is 14.7 Å². The van der Waals surface area contributed by atoms with Crippen molar-refractivity contribution in [1.29, 1.82) is 0 Å². The quantitative estimate of drug-likeness (QED) is 0.859. The van der Waals surface area contributed by atoms with Crippen molar-refractivity contribution in [3.63, 3.8) is 0 Å². The van der Waals surface area contributed by atoms with E-state index in [0.717, 1.165) is 26.2 Å². The first-order chi connectivity index (χ1) is 13.1. The first-order valence-electron chi connectivity index (χ1n) is 10.3. The molecule has 2 aliphatic heterocycles. The summed E-state index contributed by atoms with van der Waals surface area (Å²) >= 11 is 5.92. The molecule has 1 amide bonds. The molecule has 148 valence electrons. The molecule has 5 nitrogen and oxygen atoms in total. The number of aliphatic hydroxyl groups is 1. The van der Waals surface area contributed by atoms with Crippen LogP contribution in [0.1, 0.15) is 42.5 Å². The Balaban J connectivity index is 1.31. The van der Waals surface area contributed by atoms with E-state index in [1.165, 1.54) is 32.1 Å². The fourth-order valence-corrected chi connectivity index (χ4v) is 5.06. The molecule has 27 heavy (non-hydrogen) atoms. The Labute approximate surface area is 166 Å². The maximum Gasteiger partial charge on any atom is 0.253 e. The van der Waals surface area contributed by atoms with Crippen LogP contribution in [-0.2, 0) is 0 Å². The first kappa shape index (κ1) is 19.2. The zero-order valence-corrected chi connectivity index (χ0v) is 16.7. The summed E-state index contributed by atoms with van der Waals surface area (Å²) in [6.07, 6.45) is 6.30. The summed E-state index contributed by atoms with van der Waals surface area (Å²) in [6.45, 7) is 4.87. The van der Waals surface area contributed by atoms with Crippen LogP contribution in [-0.4, -0.2) is 83.2 Å². The molecule has 0 bridgehead atoms. The van der Waals surface area contributed by atoms with E-state index in [4.69, 9.17) is 11.6 Å². The van der Waals surface area contributed by atoms with E-state index < -0.39 is 0 Å². The van der Waals surface area contributed by atoms with Crippen molar-refractivity contribution in [2.45, 2.75) is 50.3 Å². The highest BCUT2D eigenvalue weighted by Crippen LogP contribution is 2.28. The molecule has 3 aliphatic rings. The van der Waals surface area contributed by atoms with Gasteiger partial charge in [0.05, 0.1) is 6.10 Å². The highest BCUT2D eigenvalue weighted by Gasteiger charge is 2.39. The highest BCUT2D eigenvalue weighted by molar-refractivity contribution is 6.30. The summed E-state index contributed by atoms with van der Waals surface area (Å²) in [7, 11) is 0. The Morgan fingerprint density at radius 2 is 1.59 bits per heavy atom. The van der Waals surface area contributed by atoms with E-state index in [0.29, 0.717) is 29.7 Å². The number of carbonyl (C=O) groups is 1. The summed E-state index contributed by atoms with van der Waals surface area (Å²) in [4.78, 5) is 19.5. The number of amides is 1. The Hall–Kier alpha value is -1.14. The summed E-state index contributed by atoms with van der Waals surface area (Å²) in [5, 5.41) is 11.3. The molecule has 3 fully saturated rings. The molecule has 1 N–H and O–H groups in total. The lowest BCUT2D eigenvalue weighted by atomic mass is 9.94. The average Bonchev–Trinajstić information content (AvgIpc) is 3.10. The smallest absolute Gasteiger partial charge is 0.253 e. The number of hydrogen-bond acceptors (Lipinski definition) is 4. The molecule has 1 unspecified atom stereocenters. The van der Waals surface area contributed by atoms with Crippen LogP contribution < -0.4 is 0 Å². The molecular formula is C21H30ClN3O2. The molecule has 2 atom stereocenters. The van der Waals surface area contributed by atoms with Crippen molar-refractivity contribution in [2.75, 3.05) is 39.3 Å². The largest absolute Gasteiger partial charge is 0.390 e. The maximum absolute atomic E-state index is 12.7. The molecule has 1 aromatic carbocycles. The van der Waals surface area contributed by atoms with E-state index in [9.17, 15) is 9.90 Å². The zero-order valence-electron chi connectivity index (χ0n) is 15.9. The molecule has 1 aromatic rings. The predicted molar refractivity (Wildman–Crippen MR) is 107 cm³/mol. The second-order valence-corrected chi connectivity index (χ2v) is 8.65. The molecule has 4 rings (SSSR count). The average molecular weight is 392 g/mol. The molecular weight excluding hydrogens is 362 g/mol. The lowest BCUT2D eigenvalue weighted by molar-refractivity contribution is 0.0376. The molecule has 0 radical (unpaired) electrons. The number of aliphatic hydroxyl groups excluding tert-OH is 1. The Morgan fingerprint density at radius 1 is 0.926 bits per heavy atom. The van der Waals surface area contributed by atoms with Gasteiger partial charge in [-0.25, -0.2) is 0 Å². The van der Waals surface area contributed by atoms with Crippen molar-refractivity contribution in [3.8, 4) is 0 Å². The van der Waals surface area contributed by atoms with Crippen LogP contribution >= 0.6 is 11.6 Å². The van der Waals surface area contributed by atoms with Crippen molar-refractivity contribution < 1.29 is 9.90 Å². The molecule has 0 spiro atoms. The van der Waals surface area contributed by atoms with Gasteiger partial charge in [0.1, 0.15) is 0 Å². The van der Waals surface area contributed by atoms with Crippen LogP contribution in [0.5, 0.6) is 0 Å². The van der Waals surface area contributed by atoms with Gasteiger partial charge in [0.15, 0.2) is 0 Å². The third-order valence-electron chi connectivity index (χ3n) is 6.54. The number of likely N-dealkylation sites (tertiary alicyclic amines) is 1. The molecule has 6 heteroatoms. The number of benzene rings is 1. The summed E-state index contributed by atoms with van der Waals surface area (Å²) < 4.78 is 0. The van der Waals surface area contributed by atoms with E-state index >= 15 is 0 Å². The number of halogens is 1. The van der Waals surface area contributed by atoms with Crippen molar-refractivity contribution >= 4 is 17.5 Å². The van der Waals surface area contributed by atoms with Gasteiger partial charge in [0.25, 0.3) is 5.91 Å². The fourth-order valence-electron chi connectivity index (χ4n) is 4.93. The Kier molecular flexibility index (Phi) is 6.02. The van der Waals surface area contributed by atoms with Crippen LogP contribution in [0.2, 0.25) is 5.02 Å². The van der Waals surface area contributed by atoms with E-state index in [2.05, 4.69) is 9.80 Å². The molecule has 2 saturated heterocycles. The molecule has 1 saturated carbocycles. The number of hydrogen-bond donors (Lipinski definition) is 1. The number of β-amino-alcohol motifs (C(OH)–C–C–N with tert-alkyl or cyclic N) is 1. The molecule has 2 heterocycles. The van der Waals surface area contributed by atoms with Crippen molar-refractivity contribution in [2.24, 2.45) is 0 Å². The van der Waals surface area contributed by atoms with Gasteiger partial charge >= 0.3 is 0 Å². The lowest BCUT2D eigenvalue weighted by Gasteiger charge is -2.39. The minimum Gasteiger partial charge on any atom is -0.390 e. The molecule has 1 aliphatic carbocycles. The van der Waals surface area contributed by atoms with Gasteiger partial charge in [0, 0.05) is 61.9 Å². The minimum atomic E-state index is -0.273. The summed E-state index contributed by atoms with van der Waals surface area (Å²) in [5.74, 6) is 0.0714. The third-order valence-corrected chi connectivity index (χ3v) is 6.79. The zero-order chi connectivity index (χ0) is 18.8. The lowest BCUT2D eigenvalue weighted by Crippen LogP contribution is -2.55. The van der Waals surface area contributed by atoms with Gasteiger partial charge in [-0.05, 0) is 37.1 Å². The SMILES string of the molecule is O=C(c1ccc(Cl)cc1)N1CCN(C2CN(C3CCCCC3)C[C@@H]2O)CC1. The van der Waals surface area contributed by atoms with Gasteiger partial charge < -0.3 is 10.0 Å². The van der Waals surface area contributed by atoms with E-state index in [1.807, 2.05) is 4.90 Å². The van der Waals surface area contributed by atoms with Gasteiger partial charge in [-0.3, -0.25) is 14.6 Å². The van der Waals surface area contributed by atoms with Gasteiger partial charge in [-0.1, -0.05) is 30.9 Å². The van der Waals surface area contributed by atoms with E-state index in [-0.39, 0.29) is 18.1 Å². The highest BCUT2D eigenvalue weighted by atomic mass is 35.5. The summed E-state index contributed by atoms with van der Waals surface area (Å²) in [5.41, 5.74) is 0.692. The second kappa shape index (κ2) is 8.48. The standard InChI is InChI=1S/C21H30ClN3O2/c22-17-8-6-16(7-9-17)21(27)24-12-10-23(11-13-24)19-14-25(15-20(19)26)18-4-2-1-3-5-18/h6-9,18-20,26H,1-5,10-15H2/t19?,20-/m0/s1. The number of piperazine rings is 1. The van der Waals surface area contributed by atoms with Gasteiger partial charge in [-0.15, -0.1) is 0 Å². The van der Waals surface area contributed by atoms with Crippen LogP contribution in [0, 0.1) is 0 Å². The van der Waals surface area contributed by atoms with Gasteiger partial charge in [0.2, 0.25) is 0 Å². The first-order valence-corrected chi connectivity index (χ1v) is 10.7. The number of nitrogens with zero attached hydrogens (tertiary/aromatic N) is 3. The van der Waals surface area contributed by atoms with Crippen LogP contribution in [0.4, 0.5) is 0 Å². The van der Waals surface area contributed by atoms with E-state index in [1.54, 1.807) is 24.3 Å². The molecule has 0 aromatic heterocycles. The third kappa shape index (κ3) is 4.32. The van der Waals surface area contributed by atoms with Crippen molar-refractivity contribution in [3.05, 3.63) is 34.9 Å². The second-order valence-electron chi connectivity index (χ2n) is 8.22. The van der Waals surface area contributed by atoms with Crippen LogP contribution in [0.15, 0.2) is 24.3 Å². The van der Waals surface area contributed by atoms with Gasteiger partial charge in [-0.2, -0.15) is 0 Å².